The molecular formula is C15H17Cl2N. The van der Waals surface area contributed by atoms with E-state index in [4.69, 9.17) is 23.2 Å². The average molecular weight is 282 g/mol. The van der Waals surface area contributed by atoms with Crippen LogP contribution in [-0.2, 0) is 5.41 Å². The summed E-state index contributed by atoms with van der Waals surface area (Å²) in [4.78, 5) is 0. The number of nitriles is 1. The summed E-state index contributed by atoms with van der Waals surface area (Å²) in [6.07, 6.45) is 1.77. The highest BCUT2D eigenvalue weighted by molar-refractivity contribution is 6.35. The van der Waals surface area contributed by atoms with Crippen molar-refractivity contribution in [2.24, 2.45) is 11.3 Å². The summed E-state index contributed by atoms with van der Waals surface area (Å²) < 4.78 is 0. The standard InChI is InChI=1S/C15H17Cl2N/c1-14(2,3)10-7-15(8-10,9-18)12-5-4-11(16)6-13(12)17/h4-6,10H,7-8H2,1-3H3. The Bertz CT molecular complexity index is 502. The van der Waals surface area contributed by atoms with E-state index in [0.717, 1.165) is 18.4 Å². The van der Waals surface area contributed by atoms with Gasteiger partial charge in [-0.05, 0) is 41.9 Å². The molecule has 1 saturated carbocycles. The lowest BCUT2D eigenvalue weighted by molar-refractivity contribution is 0.0783. The van der Waals surface area contributed by atoms with E-state index < -0.39 is 5.41 Å². The van der Waals surface area contributed by atoms with E-state index in [1.165, 1.54) is 0 Å². The number of nitrogens with zero attached hydrogens (tertiary/aromatic N) is 1. The third kappa shape index (κ3) is 2.25. The highest BCUT2D eigenvalue weighted by Crippen LogP contribution is 2.55. The Labute approximate surface area is 119 Å². The molecule has 0 heterocycles. The van der Waals surface area contributed by atoms with Crippen LogP contribution >= 0.6 is 23.2 Å². The first-order valence-electron chi connectivity index (χ1n) is 6.15. The zero-order chi connectivity index (χ0) is 13.6. The quantitative estimate of drug-likeness (QED) is 0.693. The second-order valence-electron chi connectivity index (χ2n) is 6.29. The molecule has 0 bridgehead atoms. The number of hydrogen-bond acceptors (Lipinski definition) is 1. The maximum Gasteiger partial charge on any atom is 0.0842 e. The van der Waals surface area contributed by atoms with Gasteiger partial charge in [0, 0.05) is 10.0 Å². The molecule has 0 amide bonds. The molecule has 0 spiro atoms. The van der Waals surface area contributed by atoms with E-state index in [1.807, 2.05) is 12.1 Å². The number of halogens is 2. The minimum atomic E-state index is -0.417. The Balaban J connectivity index is 2.30. The van der Waals surface area contributed by atoms with Crippen molar-refractivity contribution >= 4 is 23.2 Å². The van der Waals surface area contributed by atoms with Crippen LogP contribution in [0, 0.1) is 22.7 Å². The van der Waals surface area contributed by atoms with Crippen LogP contribution in [0.3, 0.4) is 0 Å². The van der Waals surface area contributed by atoms with E-state index in [2.05, 4.69) is 26.8 Å². The SMILES string of the molecule is CC(C)(C)C1CC(C#N)(c2ccc(Cl)cc2Cl)C1. The molecule has 3 heteroatoms. The summed E-state index contributed by atoms with van der Waals surface area (Å²) in [5, 5.41) is 10.7. The molecule has 1 aromatic carbocycles. The number of hydrogen-bond donors (Lipinski definition) is 0. The molecule has 0 unspecified atom stereocenters. The summed E-state index contributed by atoms with van der Waals surface area (Å²) in [5.74, 6) is 0.573. The van der Waals surface area contributed by atoms with Gasteiger partial charge in [0.1, 0.15) is 0 Å². The van der Waals surface area contributed by atoms with Gasteiger partial charge < -0.3 is 0 Å². The molecule has 18 heavy (non-hydrogen) atoms. The Hall–Kier alpha value is -0.710. The van der Waals surface area contributed by atoms with Gasteiger partial charge in [-0.1, -0.05) is 50.0 Å². The van der Waals surface area contributed by atoms with Gasteiger partial charge in [-0.3, -0.25) is 0 Å². The molecule has 0 saturated heterocycles. The zero-order valence-corrected chi connectivity index (χ0v) is 12.4. The maximum absolute atomic E-state index is 9.53. The molecule has 0 N–H and O–H groups in total. The summed E-state index contributed by atoms with van der Waals surface area (Å²) in [7, 11) is 0. The molecule has 1 aliphatic rings. The normalized spacial score (nSPS) is 27.4. The van der Waals surface area contributed by atoms with Crippen molar-refractivity contribution in [2.75, 3.05) is 0 Å². The minimum absolute atomic E-state index is 0.249. The van der Waals surface area contributed by atoms with E-state index in [-0.39, 0.29) is 5.41 Å². The predicted molar refractivity (Wildman–Crippen MR) is 75.9 cm³/mol. The monoisotopic (exact) mass is 281 g/mol. The molecule has 0 radical (unpaired) electrons. The largest absolute Gasteiger partial charge is 0.197 e. The van der Waals surface area contributed by atoms with Crippen molar-refractivity contribution in [3.05, 3.63) is 33.8 Å². The van der Waals surface area contributed by atoms with E-state index in [1.54, 1.807) is 6.07 Å². The Kier molecular flexibility index (Phi) is 3.38. The molecule has 0 atom stereocenters. The fourth-order valence-corrected chi connectivity index (χ4v) is 3.23. The maximum atomic E-state index is 9.53. The zero-order valence-electron chi connectivity index (χ0n) is 10.9. The highest BCUT2D eigenvalue weighted by Gasteiger charge is 2.50. The van der Waals surface area contributed by atoms with Crippen molar-refractivity contribution in [1.82, 2.24) is 0 Å². The summed E-state index contributed by atoms with van der Waals surface area (Å²) in [6, 6.07) is 7.90. The molecule has 1 aliphatic carbocycles. The van der Waals surface area contributed by atoms with Crippen molar-refractivity contribution in [2.45, 2.75) is 39.0 Å². The van der Waals surface area contributed by atoms with Crippen molar-refractivity contribution in [3.8, 4) is 6.07 Å². The topological polar surface area (TPSA) is 23.8 Å². The van der Waals surface area contributed by atoms with Crippen LogP contribution in [-0.4, -0.2) is 0 Å². The lowest BCUT2D eigenvalue weighted by Crippen LogP contribution is -2.45. The van der Waals surface area contributed by atoms with Crippen LogP contribution in [0.5, 0.6) is 0 Å². The van der Waals surface area contributed by atoms with Crippen molar-refractivity contribution in [3.63, 3.8) is 0 Å². The lowest BCUT2D eigenvalue weighted by Gasteiger charge is -2.49. The molecule has 2 rings (SSSR count). The lowest BCUT2D eigenvalue weighted by atomic mass is 9.53. The van der Waals surface area contributed by atoms with Gasteiger partial charge in [-0.25, -0.2) is 0 Å². The summed E-state index contributed by atoms with van der Waals surface area (Å²) in [6.45, 7) is 6.67. The van der Waals surface area contributed by atoms with Crippen molar-refractivity contribution in [1.29, 1.82) is 5.26 Å². The van der Waals surface area contributed by atoms with Crippen molar-refractivity contribution < 1.29 is 0 Å². The molecule has 1 aromatic rings. The minimum Gasteiger partial charge on any atom is -0.197 e. The summed E-state index contributed by atoms with van der Waals surface area (Å²) >= 11 is 12.1. The molecular weight excluding hydrogens is 265 g/mol. The fourth-order valence-electron chi connectivity index (χ4n) is 2.64. The molecule has 1 nitrogen and oxygen atoms in total. The number of rotatable bonds is 1. The van der Waals surface area contributed by atoms with Crippen LogP contribution in [0.2, 0.25) is 10.0 Å². The van der Waals surface area contributed by atoms with Gasteiger partial charge >= 0.3 is 0 Å². The van der Waals surface area contributed by atoms with Gasteiger partial charge in [0.2, 0.25) is 0 Å². The first kappa shape index (κ1) is 13.7. The van der Waals surface area contributed by atoms with Gasteiger partial charge in [-0.15, -0.1) is 0 Å². The molecule has 0 aliphatic heterocycles. The third-order valence-electron chi connectivity index (χ3n) is 4.08. The van der Waals surface area contributed by atoms with E-state index in [9.17, 15) is 5.26 Å². The fraction of sp³-hybridized carbons (Fsp3) is 0.533. The summed E-state index contributed by atoms with van der Waals surface area (Å²) in [5.41, 5.74) is 0.760. The van der Waals surface area contributed by atoms with Crippen LogP contribution < -0.4 is 0 Å². The van der Waals surface area contributed by atoms with Crippen LogP contribution in [0.1, 0.15) is 39.2 Å². The van der Waals surface area contributed by atoms with E-state index >= 15 is 0 Å². The Morgan fingerprint density at radius 1 is 1.28 bits per heavy atom. The number of benzene rings is 1. The first-order chi connectivity index (χ1) is 8.28. The molecule has 0 aromatic heterocycles. The van der Waals surface area contributed by atoms with Gasteiger partial charge in [0.25, 0.3) is 0 Å². The highest BCUT2D eigenvalue weighted by atomic mass is 35.5. The second-order valence-corrected chi connectivity index (χ2v) is 7.13. The van der Waals surface area contributed by atoms with Crippen LogP contribution in [0.4, 0.5) is 0 Å². The predicted octanol–water partition coefficient (Wildman–Crippen LogP) is 5.21. The van der Waals surface area contributed by atoms with Crippen LogP contribution in [0.25, 0.3) is 0 Å². The van der Waals surface area contributed by atoms with Gasteiger partial charge in [-0.2, -0.15) is 5.26 Å². The van der Waals surface area contributed by atoms with Gasteiger partial charge in [0.05, 0.1) is 11.5 Å². The Morgan fingerprint density at radius 3 is 2.33 bits per heavy atom. The van der Waals surface area contributed by atoms with E-state index in [0.29, 0.717) is 16.0 Å². The second kappa shape index (κ2) is 4.44. The molecule has 96 valence electrons. The average Bonchev–Trinajstić information content (AvgIpc) is 2.17. The van der Waals surface area contributed by atoms with Gasteiger partial charge in [0.15, 0.2) is 0 Å². The first-order valence-corrected chi connectivity index (χ1v) is 6.91. The third-order valence-corrected chi connectivity index (χ3v) is 4.62. The Morgan fingerprint density at radius 2 is 1.89 bits per heavy atom. The molecule has 1 fully saturated rings. The smallest absolute Gasteiger partial charge is 0.0842 e. The van der Waals surface area contributed by atoms with Crippen LogP contribution in [0.15, 0.2) is 18.2 Å².